The van der Waals surface area contributed by atoms with Crippen molar-refractivity contribution < 1.29 is 38.4 Å². The third-order valence-corrected chi connectivity index (χ3v) is 7.66. The van der Waals surface area contributed by atoms with Gasteiger partial charge in [-0.2, -0.15) is 0 Å². The Morgan fingerprint density at radius 2 is 1.67 bits per heavy atom. The number of aromatic hydroxyl groups is 1. The van der Waals surface area contributed by atoms with E-state index in [1.54, 1.807) is 33.3 Å². The van der Waals surface area contributed by atoms with Gasteiger partial charge in [-0.05, 0) is 70.6 Å². The summed E-state index contributed by atoms with van der Waals surface area (Å²) >= 11 is 3.38. The van der Waals surface area contributed by atoms with Crippen molar-refractivity contribution in [2.45, 2.75) is 31.6 Å². The molecule has 0 radical (unpaired) electrons. The normalized spacial score (nSPS) is 18.9. The molecule has 0 bridgehead atoms. The van der Waals surface area contributed by atoms with Crippen molar-refractivity contribution in [1.29, 1.82) is 0 Å². The number of esters is 1. The second-order valence-electron chi connectivity index (χ2n) is 9.31. The molecule has 9 nitrogen and oxygen atoms in total. The van der Waals surface area contributed by atoms with Crippen molar-refractivity contribution in [3.8, 4) is 23.0 Å². The van der Waals surface area contributed by atoms with E-state index in [-0.39, 0.29) is 42.8 Å². The maximum Gasteiger partial charge on any atom is 0.336 e. The van der Waals surface area contributed by atoms with Crippen LogP contribution in [0.25, 0.3) is 0 Å². The molecular formula is C29H32BrNO8. The van der Waals surface area contributed by atoms with Crippen LogP contribution in [0.1, 0.15) is 42.7 Å². The number of ketones is 1. The van der Waals surface area contributed by atoms with Crippen molar-refractivity contribution in [3.63, 3.8) is 0 Å². The van der Waals surface area contributed by atoms with Gasteiger partial charge in [0, 0.05) is 36.4 Å². The monoisotopic (exact) mass is 601 g/mol. The zero-order valence-corrected chi connectivity index (χ0v) is 24.1. The number of Topliss-reactive ketones (excluding diaryl/α,β-unsaturated/α-hetero) is 1. The van der Waals surface area contributed by atoms with Gasteiger partial charge < -0.3 is 34.1 Å². The van der Waals surface area contributed by atoms with E-state index < -0.39 is 11.9 Å². The summed E-state index contributed by atoms with van der Waals surface area (Å²) in [6.45, 7) is 2.11. The molecule has 10 heteroatoms. The summed E-state index contributed by atoms with van der Waals surface area (Å²) in [5, 5.41) is 13.7. The van der Waals surface area contributed by atoms with Gasteiger partial charge in [-0.25, -0.2) is 4.79 Å². The first-order valence-corrected chi connectivity index (χ1v) is 13.2. The minimum atomic E-state index is -0.721. The van der Waals surface area contributed by atoms with Crippen LogP contribution in [0.2, 0.25) is 0 Å². The minimum absolute atomic E-state index is 0.0715. The number of phenols is 1. The van der Waals surface area contributed by atoms with Gasteiger partial charge in [0.2, 0.25) is 0 Å². The Bertz CT molecular complexity index is 1350. The van der Waals surface area contributed by atoms with Crippen LogP contribution < -0.4 is 19.5 Å². The van der Waals surface area contributed by atoms with E-state index in [9.17, 15) is 14.7 Å². The first kappa shape index (κ1) is 28.5. The molecule has 1 heterocycles. The molecular weight excluding hydrogens is 570 g/mol. The molecule has 0 aromatic heterocycles. The van der Waals surface area contributed by atoms with Crippen molar-refractivity contribution in [3.05, 3.63) is 68.5 Å². The largest absolute Gasteiger partial charge is 0.503 e. The summed E-state index contributed by atoms with van der Waals surface area (Å²) in [7, 11) is 6.12. The molecule has 4 rings (SSSR count). The Balaban J connectivity index is 1.80. The number of phenolic OH excluding ortho intramolecular Hbond substituents is 1. The summed E-state index contributed by atoms with van der Waals surface area (Å²) in [5.41, 5.74) is 3.71. The van der Waals surface area contributed by atoms with E-state index in [1.807, 2.05) is 18.2 Å². The van der Waals surface area contributed by atoms with Crippen molar-refractivity contribution in [2.75, 3.05) is 41.7 Å². The van der Waals surface area contributed by atoms with Gasteiger partial charge in [0.25, 0.3) is 0 Å². The molecule has 0 fully saturated rings. The zero-order chi connectivity index (χ0) is 28.3. The standard InChI is InChI=1S/C29H32BrNO8/c1-15-25(29(34)39-9-8-35-2)26(18-10-19(30)28(33)24(14-18)38-5)27-20(31-15)11-17(12-21(27)32)16-6-7-22(36-3)23(13-16)37-4/h6-7,10,13-14,17,26,31,33H,8-9,11-12H2,1-5H3/t17-,26+/m0/s1. The molecule has 2 aliphatic rings. The highest BCUT2D eigenvalue weighted by Crippen LogP contribution is 2.48. The highest BCUT2D eigenvalue weighted by molar-refractivity contribution is 9.10. The average Bonchev–Trinajstić information content (AvgIpc) is 2.93. The van der Waals surface area contributed by atoms with Crippen LogP contribution in [0, 0.1) is 0 Å². The van der Waals surface area contributed by atoms with Crippen LogP contribution >= 0.6 is 15.9 Å². The van der Waals surface area contributed by atoms with E-state index in [0.717, 1.165) is 11.3 Å². The Morgan fingerprint density at radius 3 is 2.33 bits per heavy atom. The van der Waals surface area contributed by atoms with E-state index in [2.05, 4.69) is 21.2 Å². The summed E-state index contributed by atoms with van der Waals surface area (Å²) in [6, 6.07) is 9.01. The highest BCUT2D eigenvalue weighted by Gasteiger charge is 2.42. The lowest BCUT2D eigenvalue weighted by Crippen LogP contribution is -2.36. The Kier molecular flexibility index (Phi) is 8.87. The lowest BCUT2D eigenvalue weighted by molar-refractivity contribution is -0.140. The van der Waals surface area contributed by atoms with E-state index in [0.29, 0.717) is 44.8 Å². The minimum Gasteiger partial charge on any atom is -0.503 e. The fourth-order valence-corrected chi connectivity index (χ4v) is 5.66. The molecule has 0 spiro atoms. The fraction of sp³-hybridized carbons (Fsp3) is 0.379. The Hall–Kier alpha value is -3.50. The predicted octanol–water partition coefficient (Wildman–Crippen LogP) is 4.73. The van der Waals surface area contributed by atoms with Crippen LogP contribution in [0.5, 0.6) is 23.0 Å². The van der Waals surface area contributed by atoms with Gasteiger partial charge in [0.15, 0.2) is 28.8 Å². The SMILES string of the molecule is COCCOC(=O)C1=C(C)NC2=C(C(=O)C[C@@H](c3ccc(OC)c(OC)c3)C2)[C@@H]1c1cc(Br)c(O)c(OC)c1. The van der Waals surface area contributed by atoms with E-state index in [4.69, 9.17) is 23.7 Å². The summed E-state index contributed by atoms with van der Waals surface area (Å²) in [4.78, 5) is 27.2. The van der Waals surface area contributed by atoms with Gasteiger partial charge in [-0.3, -0.25) is 4.79 Å². The van der Waals surface area contributed by atoms with Gasteiger partial charge in [-0.15, -0.1) is 0 Å². The number of allylic oxidation sites excluding steroid dienone is 3. The Morgan fingerprint density at radius 1 is 0.974 bits per heavy atom. The van der Waals surface area contributed by atoms with Gasteiger partial charge in [-0.1, -0.05) is 6.07 Å². The second kappa shape index (κ2) is 12.1. The van der Waals surface area contributed by atoms with Crippen LogP contribution in [-0.4, -0.2) is 58.5 Å². The number of carbonyl (C=O) groups is 2. The smallest absolute Gasteiger partial charge is 0.336 e. The fourth-order valence-electron chi connectivity index (χ4n) is 5.20. The number of halogens is 1. The zero-order valence-electron chi connectivity index (χ0n) is 22.6. The van der Waals surface area contributed by atoms with Gasteiger partial charge in [0.1, 0.15) is 6.61 Å². The number of carbonyl (C=O) groups excluding carboxylic acids is 2. The second-order valence-corrected chi connectivity index (χ2v) is 10.2. The molecule has 0 unspecified atom stereocenters. The quantitative estimate of drug-likeness (QED) is 0.311. The lowest BCUT2D eigenvalue weighted by Gasteiger charge is -2.37. The number of benzene rings is 2. The molecule has 208 valence electrons. The Labute approximate surface area is 235 Å². The predicted molar refractivity (Wildman–Crippen MR) is 147 cm³/mol. The molecule has 0 saturated heterocycles. The van der Waals surface area contributed by atoms with Gasteiger partial charge >= 0.3 is 5.97 Å². The number of dihydropyridines is 1. The topological polar surface area (TPSA) is 113 Å². The van der Waals surface area contributed by atoms with Crippen molar-refractivity contribution in [2.24, 2.45) is 0 Å². The first-order chi connectivity index (χ1) is 18.7. The van der Waals surface area contributed by atoms with Crippen LogP contribution in [0.15, 0.2) is 57.3 Å². The van der Waals surface area contributed by atoms with Crippen molar-refractivity contribution in [1.82, 2.24) is 5.32 Å². The summed E-state index contributed by atoms with van der Waals surface area (Å²) in [5.74, 6) is -0.113. The molecule has 2 aromatic rings. The maximum atomic E-state index is 13.9. The lowest BCUT2D eigenvalue weighted by atomic mass is 9.71. The van der Waals surface area contributed by atoms with Crippen molar-refractivity contribution >= 4 is 27.7 Å². The van der Waals surface area contributed by atoms with E-state index in [1.165, 1.54) is 14.2 Å². The van der Waals surface area contributed by atoms with E-state index >= 15 is 0 Å². The van der Waals surface area contributed by atoms with Crippen LogP contribution in [-0.2, 0) is 19.1 Å². The maximum absolute atomic E-state index is 13.9. The molecule has 2 atom stereocenters. The number of hydrogen-bond acceptors (Lipinski definition) is 9. The summed E-state index contributed by atoms with van der Waals surface area (Å²) < 4.78 is 27.1. The molecule has 0 amide bonds. The van der Waals surface area contributed by atoms with Crippen LogP contribution in [0.4, 0.5) is 0 Å². The number of rotatable bonds is 9. The molecule has 2 N–H and O–H groups in total. The molecule has 39 heavy (non-hydrogen) atoms. The number of methoxy groups -OCH3 is 4. The highest BCUT2D eigenvalue weighted by atomic mass is 79.9. The first-order valence-electron chi connectivity index (χ1n) is 12.4. The third kappa shape index (κ3) is 5.62. The van der Waals surface area contributed by atoms with Crippen LogP contribution in [0.3, 0.4) is 0 Å². The molecule has 0 saturated carbocycles. The number of hydrogen-bond donors (Lipinski definition) is 2. The molecule has 1 aliphatic heterocycles. The molecule has 2 aromatic carbocycles. The summed E-state index contributed by atoms with van der Waals surface area (Å²) in [6.07, 6.45) is 0.792. The average molecular weight is 602 g/mol. The van der Waals surface area contributed by atoms with Gasteiger partial charge in [0.05, 0.1) is 38.0 Å². The number of ether oxygens (including phenoxy) is 5. The molecule has 1 aliphatic carbocycles. The number of nitrogens with one attached hydrogen (secondary N) is 1. The third-order valence-electron chi connectivity index (χ3n) is 7.05.